The molecule has 1 atom stereocenters. The van der Waals surface area contributed by atoms with Crippen LogP contribution in [-0.4, -0.2) is 14.7 Å². The van der Waals surface area contributed by atoms with Crippen LogP contribution < -0.4 is 0 Å². The number of thiophene rings is 1. The number of halogens is 1. The maximum atomic E-state index is 11.7. The van der Waals surface area contributed by atoms with E-state index in [1.807, 2.05) is 6.07 Å². The highest BCUT2D eigenvalue weighted by atomic mass is 79.9. The maximum Gasteiger partial charge on any atom is 0.175 e. The Kier molecular flexibility index (Phi) is 4.66. The van der Waals surface area contributed by atoms with Crippen molar-refractivity contribution < 1.29 is 8.42 Å². The number of rotatable bonds is 3. The lowest BCUT2D eigenvalue weighted by atomic mass is 9.95. The second-order valence-electron chi connectivity index (χ2n) is 6.16. The van der Waals surface area contributed by atoms with Crippen molar-refractivity contribution in [3.8, 4) is 0 Å². The second-order valence-corrected chi connectivity index (χ2v) is 10.2. The highest BCUT2D eigenvalue weighted by Gasteiger charge is 2.20. The minimum absolute atomic E-state index is 0.0142. The molecule has 0 aliphatic carbocycles. The van der Waals surface area contributed by atoms with Crippen molar-refractivity contribution in [3.63, 3.8) is 0 Å². The predicted octanol–water partition coefficient (Wildman–Crippen LogP) is 4.93. The van der Waals surface area contributed by atoms with Crippen molar-refractivity contribution in [1.82, 2.24) is 0 Å². The van der Waals surface area contributed by atoms with Crippen molar-refractivity contribution in [2.75, 3.05) is 6.26 Å². The van der Waals surface area contributed by atoms with E-state index < -0.39 is 9.84 Å². The molecule has 2 rings (SSSR count). The van der Waals surface area contributed by atoms with Crippen LogP contribution in [0.5, 0.6) is 0 Å². The molecule has 5 heteroatoms. The van der Waals surface area contributed by atoms with Gasteiger partial charge in [0.25, 0.3) is 0 Å². The molecule has 0 saturated heterocycles. The topological polar surface area (TPSA) is 34.1 Å². The van der Waals surface area contributed by atoms with Crippen molar-refractivity contribution in [1.29, 1.82) is 0 Å². The fraction of sp³-hybridized carbons (Fsp3) is 0.375. The molecule has 0 fully saturated rings. The summed E-state index contributed by atoms with van der Waals surface area (Å²) in [5, 5.41) is 0. The summed E-state index contributed by atoms with van der Waals surface area (Å²) in [5.41, 5.74) is 1.09. The van der Waals surface area contributed by atoms with E-state index in [0.717, 1.165) is 5.56 Å². The first-order valence-corrected chi connectivity index (χ1v) is 10.3. The molecular formula is C16H19BrO2S2. The monoisotopic (exact) mass is 386 g/mol. The molecule has 2 nitrogen and oxygen atoms in total. The molecule has 0 aliphatic heterocycles. The molecule has 1 aromatic heterocycles. The third-order valence-corrected chi connectivity index (χ3v) is 7.21. The molecule has 0 saturated carbocycles. The van der Waals surface area contributed by atoms with E-state index in [1.165, 1.54) is 16.0 Å². The highest BCUT2D eigenvalue weighted by molar-refractivity contribution is 9.09. The maximum absolute atomic E-state index is 11.7. The third kappa shape index (κ3) is 3.96. The predicted molar refractivity (Wildman–Crippen MR) is 93.3 cm³/mol. The first-order valence-electron chi connectivity index (χ1n) is 6.63. The molecule has 0 radical (unpaired) electrons. The molecule has 1 heterocycles. The molecule has 21 heavy (non-hydrogen) atoms. The molecule has 2 aromatic rings. The fourth-order valence-corrected chi connectivity index (χ4v) is 4.42. The molecule has 0 aliphatic rings. The lowest BCUT2D eigenvalue weighted by molar-refractivity contribution is 0.601. The van der Waals surface area contributed by atoms with Crippen LogP contribution in [0, 0.1) is 0 Å². The molecule has 1 aromatic carbocycles. The van der Waals surface area contributed by atoms with Gasteiger partial charge in [-0.25, -0.2) is 8.42 Å². The van der Waals surface area contributed by atoms with E-state index in [2.05, 4.69) is 48.8 Å². The van der Waals surface area contributed by atoms with Crippen molar-refractivity contribution >= 4 is 37.1 Å². The normalized spacial score (nSPS) is 14.1. The summed E-state index contributed by atoms with van der Waals surface area (Å²) in [6.07, 6.45) is 1.23. The second kappa shape index (κ2) is 5.86. The van der Waals surface area contributed by atoms with E-state index in [1.54, 1.807) is 29.5 Å². The molecule has 114 valence electrons. The van der Waals surface area contributed by atoms with E-state index >= 15 is 0 Å². The Bertz CT molecular complexity index is 740. The van der Waals surface area contributed by atoms with E-state index in [0.29, 0.717) is 4.90 Å². The van der Waals surface area contributed by atoms with Gasteiger partial charge in [0, 0.05) is 16.0 Å². The average molecular weight is 387 g/mol. The van der Waals surface area contributed by atoms with Gasteiger partial charge >= 0.3 is 0 Å². The molecule has 0 N–H and O–H groups in total. The van der Waals surface area contributed by atoms with Crippen LogP contribution in [0.15, 0.2) is 41.3 Å². The van der Waals surface area contributed by atoms with Crippen LogP contribution in [0.25, 0.3) is 0 Å². The lowest BCUT2D eigenvalue weighted by Crippen LogP contribution is -2.07. The fourth-order valence-electron chi connectivity index (χ4n) is 1.96. The van der Waals surface area contributed by atoms with Crippen LogP contribution in [0.2, 0.25) is 0 Å². The van der Waals surface area contributed by atoms with Crippen molar-refractivity contribution in [3.05, 3.63) is 51.7 Å². The first kappa shape index (κ1) is 16.7. The van der Waals surface area contributed by atoms with Crippen LogP contribution in [0.3, 0.4) is 0 Å². The zero-order valence-electron chi connectivity index (χ0n) is 12.6. The van der Waals surface area contributed by atoms with Gasteiger partial charge < -0.3 is 0 Å². The van der Waals surface area contributed by atoms with E-state index in [4.69, 9.17) is 0 Å². The molecule has 1 unspecified atom stereocenters. The van der Waals surface area contributed by atoms with Gasteiger partial charge in [-0.3, -0.25) is 0 Å². The number of hydrogen-bond donors (Lipinski definition) is 0. The number of benzene rings is 1. The summed E-state index contributed by atoms with van der Waals surface area (Å²) in [6, 6.07) is 11.4. The highest BCUT2D eigenvalue weighted by Crippen LogP contribution is 2.39. The van der Waals surface area contributed by atoms with Gasteiger partial charge in [-0.1, -0.05) is 48.8 Å². The van der Waals surface area contributed by atoms with E-state index in [9.17, 15) is 8.42 Å². The Balaban J connectivity index is 2.37. The van der Waals surface area contributed by atoms with Crippen LogP contribution in [0.4, 0.5) is 0 Å². The zero-order valence-corrected chi connectivity index (χ0v) is 15.8. The Morgan fingerprint density at radius 2 is 1.81 bits per heavy atom. The Hall–Kier alpha value is -0.650. The Labute approximate surface area is 139 Å². The summed E-state index contributed by atoms with van der Waals surface area (Å²) in [7, 11) is -3.18. The summed E-state index contributed by atoms with van der Waals surface area (Å²) in [5.74, 6) is 0. The summed E-state index contributed by atoms with van der Waals surface area (Å²) < 4.78 is 23.3. The molecule has 0 bridgehead atoms. The lowest BCUT2D eigenvalue weighted by Gasteiger charge is -2.16. The Morgan fingerprint density at radius 1 is 1.14 bits per heavy atom. The van der Waals surface area contributed by atoms with Crippen LogP contribution in [0.1, 0.15) is 40.9 Å². The van der Waals surface area contributed by atoms with Gasteiger partial charge in [-0.15, -0.1) is 11.3 Å². The first-order chi connectivity index (χ1) is 9.59. The Morgan fingerprint density at radius 3 is 2.33 bits per heavy atom. The van der Waals surface area contributed by atoms with Crippen molar-refractivity contribution in [2.24, 2.45) is 0 Å². The number of hydrogen-bond acceptors (Lipinski definition) is 3. The molecule has 0 spiro atoms. The van der Waals surface area contributed by atoms with Gasteiger partial charge in [0.15, 0.2) is 9.84 Å². The van der Waals surface area contributed by atoms with Gasteiger partial charge in [-0.2, -0.15) is 0 Å². The SMILES string of the molecule is CC(C)(C)c1ccc(C(Br)c2cccc(S(C)(=O)=O)c2)s1. The quantitative estimate of drug-likeness (QED) is 0.700. The smallest absolute Gasteiger partial charge is 0.175 e. The largest absolute Gasteiger partial charge is 0.224 e. The minimum atomic E-state index is -3.18. The summed E-state index contributed by atoms with van der Waals surface area (Å²) in [6.45, 7) is 6.57. The molecular weight excluding hydrogens is 368 g/mol. The van der Waals surface area contributed by atoms with Gasteiger partial charge in [-0.05, 0) is 35.2 Å². The third-order valence-electron chi connectivity index (χ3n) is 3.19. The molecule has 0 amide bonds. The number of alkyl halides is 1. The standard InChI is InChI=1S/C16H19BrO2S2/c1-16(2,3)14-9-8-13(20-14)15(17)11-6-5-7-12(10-11)21(4,18)19/h5-10,15H,1-4H3. The summed E-state index contributed by atoms with van der Waals surface area (Å²) >= 11 is 5.45. The van der Waals surface area contributed by atoms with Gasteiger partial charge in [0.05, 0.1) is 9.72 Å². The van der Waals surface area contributed by atoms with Gasteiger partial charge in [0.2, 0.25) is 0 Å². The average Bonchev–Trinajstić information content (AvgIpc) is 2.86. The van der Waals surface area contributed by atoms with Crippen LogP contribution in [-0.2, 0) is 15.3 Å². The van der Waals surface area contributed by atoms with Gasteiger partial charge in [0.1, 0.15) is 0 Å². The summed E-state index contributed by atoms with van der Waals surface area (Å²) in [4.78, 5) is 2.88. The number of sulfone groups is 1. The van der Waals surface area contributed by atoms with E-state index in [-0.39, 0.29) is 10.2 Å². The zero-order chi connectivity index (χ0) is 15.8. The van der Waals surface area contributed by atoms with Crippen molar-refractivity contribution in [2.45, 2.75) is 35.9 Å². The minimum Gasteiger partial charge on any atom is -0.224 e. The van der Waals surface area contributed by atoms with Crippen LogP contribution >= 0.6 is 27.3 Å².